The maximum Gasteiger partial charge on any atom is 0.337 e. The summed E-state index contributed by atoms with van der Waals surface area (Å²) < 4.78 is 17.6. The first-order chi connectivity index (χ1) is 7.42. The second kappa shape index (κ2) is 3.42. The molecular weight excluding hydrogens is 211 g/mol. The number of cyclic esters (lactones) is 1. The molecule has 0 bridgehead atoms. The highest BCUT2D eigenvalue weighted by Crippen LogP contribution is 2.37. The Morgan fingerprint density at radius 2 is 1.88 bits per heavy atom. The molecule has 16 heavy (non-hydrogen) atoms. The molecule has 0 fully saturated rings. The van der Waals surface area contributed by atoms with E-state index in [2.05, 4.69) is 0 Å². The lowest BCUT2D eigenvalue weighted by molar-refractivity contribution is -0.170. The molecule has 1 aliphatic heterocycles. The number of ether oxygens (including phenoxy) is 1. The molecule has 2 rings (SSSR count). The van der Waals surface area contributed by atoms with Gasteiger partial charge in [0.25, 0.3) is 0 Å². The molecule has 0 saturated carbocycles. The fourth-order valence-corrected chi connectivity index (χ4v) is 1.86. The lowest BCUT2D eigenvalue weighted by Crippen LogP contribution is -2.26. The Labute approximate surface area is 92.2 Å². The lowest BCUT2D eigenvalue weighted by atomic mass is 9.96. The molecule has 0 radical (unpaired) electrons. The van der Waals surface area contributed by atoms with Gasteiger partial charge in [0.15, 0.2) is 0 Å². The van der Waals surface area contributed by atoms with Gasteiger partial charge in [-0.15, -0.1) is 0 Å². The number of halogens is 1. The fraction of sp³-hybridized carbons (Fsp3) is 0.250. The van der Waals surface area contributed by atoms with E-state index in [1.165, 1.54) is 31.2 Å². The van der Waals surface area contributed by atoms with Crippen LogP contribution in [0.4, 0.5) is 4.39 Å². The van der Waals surface area contributed by atoms with Crippen LogP contribution in [0.25, 0.3) is 5.57 Å². The molecule has 1 N–H and O–H groups in total. The predicted octanol–water partition coefficient (Wildman–Crippen LogP) is 1.86. The first-order valence-electron chi connectivity index (χ1n) is 4.85. The number of benzene rings is 1. The Morgan fingerprint density at radius 1 is 1.31 bits per heavy atom. The van der Waals surface area contributed by atoms with Crippen molar-refractivity contribution >= 4 is 11.5 Å². The van der Waals surface area contributed by atoms with Gasteiger partial charge in [-0.3, -0.25) is 0 Å². The average Bonchev–Trinajstić information content (AvgIpc) is 2.39. The van der Waals surface area contributed by atoms with E-state index in [0.29, 0.717) is 16.7 Å². The summed E-state index contributed by atoms with van der Waals surface area (Å²) in [5, 5.41) is 9.92. The number of aliphatic hydroxyl groups is 1. The van der Waals surface area contributed by atoms with Gasteiger partial charge < -0.3 is 9.84 Å². The monoisotopic (exact) mass is 222 g/mol. The number of rotatable bonds is 1. The van der Waals surface area contributed by atoms with Crippen molar-refractivity contribution in [1.29, 1.82) is 0 Å². The second-order valence-corrected chi connectivity index (χ2v) is 3.88. The van der Waals surface area contributed by atoms with Gasteiger partial charge in [-0.2, -0.15) is 0 Å². The lowest BCUT2D eigenvalue weighted by Gasteiger charge is -2.19. The van der Waals surface area contributed by atoms with E-state index in [-0.39, 0.29) is 5.82 Å². The third-order valence-corrected chi connectivity index (χ3v) is 2.57. The highest BCUT2D eigenvalue weighted by atomic mass is 19.1. The third kappa shape index (κ3) is 1.61. The number of hydrogen-bond acceptors (Lipinski definition) is 3. The van der Waals surface area contributed by atoms with E-state index in [0.717, 1.165) is 0 Å². The minimum absolute atomic E-state index is 0.344. The average molecular weight is 222 g/mol. The second-order valence-electron chi connectivity index (χ2n) is 3.88. The molecule has 0 saturated heterocycles. The van der Waals surface area contributed by atoms with Gasteiger partial charge in [0.1, 0.15) is 5.82 Å². The zero-order chi connectivity index (χ0) is 11.9. The molecular formula is C12H11FO3. The van der Waals surface area contributed by atoms with Crippen molar-refractivity contribution in [2.24, 2.45) is 0 Å². The molecule has 4 heteroatoms. The van der Waals surface area contributed by atoms with Crippen molar-refractivity contribution < 1.29 is 19.0 Å². The van der Waals surface area contributed by atoms with Crippen LogP contribution in [-0.4, -0.2) is 16.9 Å². The molecule has 0 aliphatic carbocycles. The summed E-state index contributed by atoms with van der Waals surface area (Å²) in [5.74, 6) is -2.56. The van der Waals surface area contributed by atoms with E-state index < -0.39 is 11.8 Å². The molecule has 0 aromatic heterocycles. The predicted molar refractivity (Wildman–Crippen MR) is 55.7 cm³/mol. The molecule has 1 heterocycles. The summed E-state index contributed by atoms with van der Waals surface area (Å²) in [5.41, 5.74) is 1.31. The van der Waals surface area contributed by atoms with Crippen LogP contribution in [0.1, 0.15) is 19.4 Å². The minimum Gasteiger partial charge on any atom is -0.426 e. The molecule has 1 unspecified atom stereocenters. The van der Waals surface area contributed by atoms with Gasteiger partial charge in [-0.1, -0.05) is 12.1 Å². The largest absolute Gasteiger partial charge is 0.426 e. The van der Waals surface area contributed by atoms with Crippen molar-refractivity contribution in [2.75, 3.05) is 0 Å². The smallest absolute Gasteiger partial charge is 0.337 e. The highest BCUT2D eigenvalue weighted by Gasteiger charge is 2.41. The van der Waals surface area contributed by atoms with Crippen molar-refractivity contribution in [1.82, 2.24) is 0 Å². The number of hydrogen-bond donors (Lipinski definition) is 1. The summed E-state index contributed by atoms with van der Waals surface area (Å²) in [4.78, 5) is 11.3. The van der Waals surface area contributed by atoms with Gasteiger partial charge in [-0.05, 0) is 24.6 Å². The quantitative estimate of drug-likeness (QED) is 0.738. The SMILES string of the molecule is CC1=C(c2ccc(F)cc2)C(C)(O)OC1=O. The van der Waals surface area contributed by atoms with Crippen LogP contribution in [-0.2, 0) is 9.53 Å². The number of carbonyl (C=O) groups excluding carboxylic acids is 1. The summed E-state index contributed by atoms with van der Waals surface area (Å²) in [7, 11) is 0. The number of esters is 1. The molecule has 1 aromatic carbocycles. The first-order valence-corrected chi connectivity index (χ1v) is 4.85. The Hall–Kier alpha value is -1.68. The Kier molecular flexibility index (Phi) is 2.31. The van der Waals surface area contributed by atoms with Crippen molar-refractivity contribution in [3.8, 4) is 0 Å². The maximum absolute atomic E-state index is 12.8. The molecule has 0 amide bonds. The molecule has 84 valence electrons. The van der Waals surface area contributed by atoms with E-state index in [1.54, 1.807) is 6.92 Å². The van der Waals surface area contributed by atoms with Gasteiger partial charge in [0.2, 0.25) is 5.79 Å². The zero-order valence-corrected chi connectivity index (χ0v) is 8.95. The van der Waals surface area contributed by atoms with E-state index >= 15 is 0 Å². The van der Waals surface area contributed by atoms with Crippen molar-refractivity contribution in [3.63, 3.8) is 0 Å². The number of carbonyl (C=O) groups is 1. The summed E-state index contributed by atoms with van der Waals surface area (Å²) in [6.45, 7) is 2.96. The third-order valence-electron chi connectivity index (χ3n) is 2.57. The molecule has 1 aromatic rings. The summed E-state index contributed by atoms with van der Waals surface area (Å²) >= 11 is 0. The molecule has 1 atom stereocenters. The van der Waals surface area contributed by atoms with E-state index in [4.69, 9.17) is 4.74 Å². The van der Waals surface area contributed by atoms with Gasteiger partial charge in [-0.25, -0.2) is 9.18 Å². The van der Waals surface area contributed by atoms with Crippen LogP contribution in [0.2, 0.25) is 0 Å². The van der Waals surface area contributed by atoms with Crippen molar-refractivity contribution in [2.45, 2.75) is 19.6 Å². The minimum atomic E-state index is -1.64. The Bertz CT molecular complexity index is 472. The molecule has 1 aliphatic rings. The Balaban J connectivity index is 2.54. The van der Waals surface area contributed by atoms with E-state index in [9.17, 15) is 14.3 Å². The van der Waals surface area contributed by atoms with Crippen LogP contribution < -0.4 is 0 Å². The standard InChI is InChI=1S/C12H11FO3/c1-7-10(12(2,15)16-11(7)14)8-3-5-9(13)6-4-8/h3-6,15H,1-2H3. The van der Waals surface area contributed by atoms with Gasteiger partial charge >= 0.3 is 5.97 Å². The van der Waals surface area contributed by atoms with Crippen LogP contribution in [0.3, 0.4) is 0 Å². The molecule has 3 nitrogen and oxygen atoms in total. The zero-order valence-electron chi connectivity index (χ0n) is 8.95. The van der Waals surface area contributed by atoms with E-state index in [1.807, 2.05) is 0 Å². The van der Waals surface area contributed by atoms with Crippen LogP contribution in [0, 0.1) is 5.82 Å². The van der Waals surface area contributed by atoms with Gasteiger partial charge in [0, 0.05) is 18.1 Å². The summed E-state index contributed by atoms with van der Waals surface area (Å²) in [6.07, 6.45) is 0. The highest BCUT2D eigenvalue weighted by molar-refractivity contribution is 6.03. The van der Waals surface area contributed by atoms with Crippen molar-refractivity contribution in [3.05, 3.63) is 41.2 Å². The summed E-state index contributed by atoms with van der Waals surface area (Å²) in [6, 6.07) is 5.55. The van der Waals surface area contributed by atoms with Crippen LogP contribution in [0.5, 0.6) is 0 Å². The van der Waals surface area contributed by atoms with Crippen LogP contribution >= 0.6 is 0 Å². The normalized spacial score (nSPS) is 24.9. The fourth-order valence-electron chi connectivity index (χ4n) is 1.86. The first kappa shape index (κ1) is 10.8. The van der Waals surface area contributed by atoms with Gasteiger partial charge in [0.05, 0.1) is 0 Å². The maximum atomic E-state index is 12.8. The topological polar surface area (TPSA) is 46.5 Å². The molecule has 0 spiro atoms. The van der Waals surface area contributed by atoms with Crippen LogP contribution in [0.15, 0.2) is 29.8 Å². The Morgan fingerprint density at radius 3 is 2.31 bits per heavy atom.